The minimum absolute atomic E-state index is 0.266. The summed E-state index contributed by atoms with van der Waals surface area (Å²) in [7, 11) is 1.76. The molecule has 2 aromatic carbocycles. The second-order valence-electron chi connectivity index (χ2n) is 6.90. The van der Waals surface area contributed by atoms with E-state index in [1.54, 1.807) is 7.05 Å². The third-order valence-corrected chi connectivity index (χ3v) is 4.82. The first-order valence-electron chi connectivity index (χ1n) is 9.59. The van der Waals surface area contributed by atoms with Crippen LogP contribution in [0.1, 0.15) is 22.5 Å². The molecule has 150 valence electrons. The van der Waals surface area contributed by atoms with Crippen molar-refractivity contribution in [2.45, 2.75) is 26.9 Å². The Labute approximate surface area is 170 Å². The van der Waals surface area contributed by atoms with Crippen molar-refractivity contribution in [3.05, 3.63) is 71.0 Å². The fraction of sp³-hybridized carbons (Fsp3) is 0.273. The topological polar surface area (TPSA) is 72.7 Å². The maximum atomic E-state index is 5.57. The third-order valence-electron chi connectivity index (χ3n) is 4.82. The number of fused-ring (bicyclic) bond motifs is 1. The summed E-state index contributed by atoms with van der Waals surface area (Å²) >= 11 is 0. The molecule has 29 heavy (non-hydrogen) atoms. The number of para-hydroxylation sites is 2. The minimum Gasteiger partial charge on any atom is -0.454 e. The van der Waals surface area contributed by atoms with Crippen LogP contribution in [0.4, 0.5) is 0 Å². The first kappa shape index (κ1) is 18.9. The number of rotatable bonds is 5. The van der Waals surface area contributed by atoms with Gasteiger partial charge in [0.2, 0.25) is 6.79 Å². The number of benzene rings is 2. The summed E-state index contributed by atoms with van der Waals surface area (Å²) in [4.78, 5) is 4.34. The molecule has 1 aromatic heterocycles. The summed E-state index contributed by atoms with van der Waals surface area (Å²) in [5, 5.41) is 11.3. The zero-order valence-electron chi connectivity index (χ0n) is 16.9. The lowest BCUT2D eigenvalue weighted by molar-refractivity contribution is 0.173. The first-order valence-corrected chi connectivity index (χ1v) is 9.59. The van der Waals surface area contributed by atoms with Gasteiger partial charge in [0.15, 0.2) is 17.5 Å². The summed E-state index contributed by atoms with van der Waals surface area (Å²) in [5.41, 5.74) is 5.35. The molecule has 7 nitrogen and oxygen atoms in total. The zero-order valence-corrected chi connectivity index (χ0v) is 16.9. The molecule has 2 heterocycles. The van der Waals surface area contributed by atoms with Gasteiger partial charge in [-0.1, -0.05) is 30.3 Å². The lowest BCUT2D eigenvalue weighted by atomic mass is 10.1. The van der Waals surface area contributed by atoms with E-state index < -0.39 is 0 Å². The lowest BCUT2D eigenvalue weighted by Gasteiger charge is -2.15. The SMILES string of the molecule is CN=C(NCc1ccccc1-n1nc(C)cc1C)NCc1cccc2c1OCO2. The van der Waals surface area contributed by atoms with E-state index in [0.717, 1.165) is 39.7 Å². The van der Waals surface area contributed by atoms with Crippen molar-refractivity contribution >= 4 is 5.96 Å². The molecule has 0 unspecified atom stereocenters. The quantitative estimate of drug-likeness (QED) is 0.517. The Hall–Kier alpha value is -3.48. The van der Waals surface area contributed by atoms with Crippen LogP contribution in [0.5, 0.6) is 11.5 Å². The normalized spacial score (nSPS) is 12.9. The molecular formula is C22H25N5O2. The van der Waals surface area contributed by atoms with Crippen molar-refractivity contribution in [2.75, 3.05) is 13.8 Å². The van der Waals surface area contributed by atoms with Gasteiger partial charge in [0.25, 0.3) is 0 Å². The molecule has 0 fully saturated rings. The molecule has 0 atom stereocenters. The van der Waals surface area contributed by atoms with Gasteiger partial charge in [-0.2, -0.15) is 5.10 Å². The Morgan fingerprint density at radius 2 is 1.79 bits per heavy atom. The molecule has 0 radical (unpaired) electrons. The fourth-order valence-corrected chi connectivity index (χ4v) is 3.45. The van der Waals surface area contributed by atoms with E-state index in [1.165, 1.54) is 0 Å². The van der Waals surface area contributed by atoms with E-state index in [4.69, 9.17) is 9.47 Å². The van der Waals surface area contributed by atoms with Gasteiger partial charge >= 0.3 is 0 Å². The molecule has 0 saturated heterocycles. The van der Waals surface area contributed by atoms with Crippen molar-refractivity contribution in [1.82, 2.24) is 20.4 Å². The van der Waals surface area contributed by atoms with Gasteiger partial charge in [-0.15, -0.1) is 0 Å². The highest BCUT2D eigenvalue weighted by molar-refractivity contribution is 5.79. The van der Waals surface area contributed by atoms with Gasteiger partial charge in [-0.05, 0) is 37.6 Å². The van der Waals surface area contributed by atoms with Crippen LogP contribution in [0.3, 0.4) is 0 Å². The number of aliphatic imine (C=N–C) groups is 1. The molecule has 0 amide bonds. The number of nitrogens with zero attached hydrogens (tertiary/aromatic N) is 3. The molecule has 0 saturated carbocycles. The van der Waals surface area contributed by atoms with Gasteiger partial charge in [0.1, 0.15) is 0 Å². The Kier molecular flexibility index (Phi) is 5.37. The molecule has 4 rings (SSSR count). The summed E-state index contributed by atoms with van der Waals surface area (Å²) in [6.45, 7) is 5.55. The Morgan fingerprint density at radius 1 is 1.03 bits per heavy atom. The zero-order chi connectivity index (χ0) is 20.2. The van der Waals surface area contributed by atoms with E-state index in [-0.39, 0.29) is 6.79 Å². The number of hydrogen-bond donors (Lipinski definition) is 2. The third kappa shape index (κ3) is 4.03. The highest BCUT2D eigenvalue weighted by Crippen LogP contribution is 2.35. The molecule has 0 bridgehead atoms. The fourth-order valence-electron chi connectivity index (χ4n) is 3.45. The van der Waals surface area contributed by atoms with E-state index >= 15 is 0 Å². The second kappa shape index (κ2) is 8.26. The Morgan fingerprint density at radius 3 is 2.55 bits per heavy atom. The number of ether oxygens (including phenoxy) is 2. The minimum atomic E-state index is 0.266. The van der Waals surface area contributed by atoms with Crippen LogP contribution in [0.2, 0.25) is 0 Å². The van der Waals surface area contributed by atoms with Crippen LogP contribution in [0.25, 0.3) is 5.69 Å². The second-order valence-corrected chi connectivity index (χ2v) is 6.90. The lowest BCUT2D eigenvalue weighted by Crippen LogP contribution is -2.36. The van der Waals surface area contributed by atoms with Crippen LogP contribution in [-0.4, -0.2) is 29.6 Å². The van der Waals surface area contributed by atoms with Gasteiger partial charge in [0.05, 0.1) is 11.4 Å². The molecule has 3 aromatic rings. The van der Waals surface area contributed by atoms with Gasteiger partial charge in [-0.3, -0.25) is 4.99 Å². The van der Waals surface area contributed by atoms with E-state index in [1.807, 2.05) is 41.9 Å². The van der Waals surface area contributed by atoms with E-state index in [0.29, 0.717) is 19.0 Å². The van der Waals surface area contributed by atoms with Crippen LogP contribution in [0, 0.1) is 13.8 Å². The highest BCUT2D eigenvalue weighted by atomic mass is 16.7. The summed E-state index contributed by atoms with van der Waals surface area (Å²) in [6.07, 6.45) is 0. The molecule has 0 spiro atoms. The highest BCUT2D eigenvalue weighted by Gasteiger charge is 2.17. The Balaban J connectivity index is 1.44. The average Bonchev–Trinajstić information content (AvgIpc) is 3.34. The maximum Gasteiger partial charge on any atom is 0.231 e. The van der Waals surface area contributed by atoms with Crippen LogP contribution in [0.15, 0.2) is 53.5 Å². The molecule has 1 aliphatic heterocycles. The maximum absolute atomic E-state index is 5.57. The number of nitrogens with one attached hydrogen (secondary N) is 2. The standard InChI is InChI=1S/C22H25N5O2/c1-15-11-16(2)27(26-15)19-9-5-4-7-17(19)12-24-22(23-3)25-13-18-8-6-10-20-21(18)29-14-28-20/h4-11H,12-14H2,1-3H3,(H2,23,24,25). The molecule has 7 heteroatoms. The summed E-state index contributed by atoms with van der Waals surface area (Å²) in [6, 6.07) is 16.2. The Bertz CT molecular complexity index is 1040. The first-order chi connectivity index (χ1) is 14.2. The van der Waals surface area contributed by atoms with Crippen molar-refractivity contribution in [1.29, 1.82) is 0 Å². The molecule has 0 aliphatic carbocycles. The largest absolute Gasteiger partial charge is 0.454 e. The number of aromatic nitrogens is 2. The number of hydrogen-bond acceptors (Lipinski definition) is 4. The van der Waals surface area contributed by atoms with Crippen molar-refractivity contribution in [3.63, 3.8) is 0 Å². The summed E-state index contributed by atoms with van der Waals surface area (Å²) in [5.74, 6) is 2.29. The van der Waals surface area contributed by atoms with Crippen LogP contribution >= 0.6 is 0 Å². The molecule has 1 aliphatic rings. The van der Waals surface area contributed by atoms with Crippen molar-refractivity contribution < 1.29 is 9.47 Å². The van der Waals surface area contributed by atoms with E-state index in [2.05, 4.69) is 45.8 Å². The number of aryl methyl sites for hydroxylation is 2. The van der Waals surface area contributed by atoms with Gasteiger partial charge < -0.3 is 20.1 Å². The molecular weight excluding hydrogens is 366 g/mol. The molecule has 2 N–H and O–H groups in total. The average molecular weight is 391 g/mol. The summed E-state index contributed by atoms with van der Waals surface area (Å²) < 4.78 is 13.0. The van der Waals surface area contributed by atoms with Crippen LogP contribution in [-0.2, 0) is 13.1 Å². The predicted molar refractivity (Wildman–Crippen MR) is 113 cm³/mol. The van der Waals surface area contributed by atoms with Crippen LogP contribution < -0.4 is 20.1 Å². The van der Waals surface area contributed by atoms with Crippen molar-refractivity contribution in [2.24, 2.45) is 4.99 Å². The number of guanidine groups is 1. The van der Waals surface area contributed by atoms with Gasteiger partial charge in [-0.25, -0.2) is 4.68 Å². The predicted octanol–water partition coefficient (Wildman–Crippen LogP) is 3.08. The smallest absolute Gasteiger partial charge is 0.231 e. The van der Waals surface area contributed by atoms with Gasteiger partial charge in [0, 0.05) is 31.4 Å². The monoisotopic (exact) mass is 391 g/mol. The van der Waals surface area contributed by atoms with E-state index in [9.17, 15) is 0 Å². The van der Waals surface area contributed by atoms with Crippen molar-refractivity contribution in [3.8, 4) is 17.2 Å².